The third kappa shape index (κ3) is 3.33. The molecule has 0 amide bonds. The molecule has 1 aliphatic rings. The van der Waals surface area contributed by atoms with Gasteiger partial charge in [0.1, 0.15) is 0 Å². The molecule has 0 saturated heterocycles. The number of rotatable bonds is 6. The quantitative estimate of drug-likeness (QED) is 0.836. The first-order valence-corrected chi connectivity index (χ1v) is 7.33. The fraction of sp³-hybridized carbons (Fsp3) is 0.625. The van der Waals surface area contributed by atoms with E-state index in [1.54, 1.807) is 0 Å². The Bertz CT molecular complexity index is 330. The Morgan fingerprint density at radius 2 is 1.89 bits per heavy atom. The summed E-state index contributed by atoms with van der Waals surface area (Å²) in [6.07, 6.45) is 5.52. The molecule has 0 aliphatic heterocycles. The normalized spacial score (nSPS) is 18.4. The first-order valence-electron chi connectivity index (χ1n) is 7.33. The Morgan fingerprint density at radius 1 is 1.22 bits per heavy atom. The highest BCUT2D eigenvalue weighted by molar-refractivity contribution is 5.14. The second kappa shape index (κ2) is 6.91. The molecule has 1 aromatic rings. The zero-order valence-electron chi connectivity index (χ0n) is 11.5. The van der Waals surface area contributed by atoms with Gasteiger partial charge in [0.15, 0.2) is 0 Å². The average Bonchev–Trinajstić information content (AvgIpc) is 2.93. The predicted octanol–water partition coefficient (Wildman–Crippen LogP) is 3.03. The molecule has 2 N–H and O–H groups in total. The minimum atomic E-state index is 0.567. The van der Waals surface area contributed by atoms with E-state index >= 15 is 0 Å². The molecule has 0 heterocycles. The maximum atomic E-state index is 6.04. The van der Waals surface area contributed by atoms with Crippen LogP contribution in [0.2, 0.25) is 0 Å². The molecule has 2 nitrogen and oxygen atoms in total. The molecule has 0 spiro atoms. The van der Waals surface area contributed by atoms with Crippen LogP contribution in [-0.2, 0) is 6.54 Å². The third-order valence-electron chi connectivity index (χ3n) is 4.29. The topological polar surface area (TPSA) is 29.3 Å². The van der Waals surface area contributed by atoms with Crippen LogP contribution in [0.4, 0.5) is 0 Å². The third-order valence-corrected chi connectivity index (χ3v) is 4.29. The fourth-order valence-corrected chi connectivity index (χ4v) is 3.26. The highest BCUT2D eigenvalue weighted by atomic mass is 15.2. The zero-order chi connectivity index (χ0) is 12.8. The predicted molar refractivity (Wildman–Crippen MR) is 77.3 cm³/mol. The van der Waals surface area contributed by atoms with Crippen molar-refractivity contribution in [1.29, 1.82) is 0 Å². The summed E-state index contributed by atoms with van der Waals surface area (Å²) in [5.41, 5.74) is 7.44. The minimum absolute atomic E-state index is 0.567. The van der Waals surface area contributed by atoms with Crippen molar-refractivity contribution in [3.8, 4) is 0 Å². The van der Waals surface area contributed by atoms with Gasteiger partial charge in [-0.1, -0.05) is 50.1 Å². The molecule has 1 unspecified atom stereocenters. The van der Waals surface area contributed by atoms with Crippen LogP contribution in [-0.4, -0.2) is 24.0 Å². The maximum Gasteiger partial charge on any atom is 0.0250 e. The average molecular weight is 246 g/mol. The van der Waals surface area contributed by atoms with E-state index < -0.39 is 0 Å². The van der Waals surface area contributed by atoms with Gasteiger partial charge >= 0.3 is 0 Å². The number of benzene rings is 1. The fourth-order valence-electron chi connectivity index (χ4n) is 3.26. The van der Waals surface area contributed by atoms with E-state index in [0.717, 1.165) is 25.6 Å². The molecule has 1 fully saturated rings. The molecule has 2 heteroatoms. The summed E-state index contributed by atoms with van der Waals surface area (Å²) in [7, 11) is 0. The molecule has 0 aromatic heterocycles. The molecule has 2 rings (SSSR count). The van der Waals surface area contributed by atoms with Gasteiger partial charge in [0.25, 0.3) is 0 Å². The van der Waals surface area contributed by atoms with Crippen LogP contribution in [0.5, 0.6) is 0 Å². The van der Waals surface area contributed by atoms with Gasteiger partial charge in [-0.15, -0.1) is 0 Å². The van der Waals surface area contributed by atoms with Crippen LogP contribution >= 0.6 is 0 Å². The van der Waals surface area contributed by atoms with Crippen LogP contribution in [0, 0.1) is 5.92 Å². The molecule has 0 radical (unpaired) electrons. The molecule has 1 saturated carbocycles. The van der Waals surface area contributed by atoms with Crippen LogP contribution < -0.4 is 5.73 Å². The summed E-state index contributed by atoms with van der Waals surface area (Å²) < 4.78 is 0. The first kappa shape index (κ1) is 13.6. The van der Waals surface area contributed by atoms with E-state index in [1.165, 1.54) is 31.2 Å². The second-order valence-corrected chi connectivity index (χ2v) is 5.40. The Labute approximate surface area is 111 Å². The number of nitrogens with zero attached hydrogens (tertiary/aromatic N) is 1. The summed E-state index contributed by atoms with van der Waals surface area (Å²) in [6.45, 7) is 5.18. The van der Waals surface area contributed by atoms with Gasteiger partial charge in [-0.25, -0.2) is 0 Å². The molecule has 1 aliphatic carbocycles. The van der Waals surface area contributed by atoms with Crippen molar-refractivity contribution < 1.29 is 0 Å². The van der Waals surface area contributed by atoms with E-state index in [4.69, 9.17) is 5.73 Å². The van der Waals surface area contributed by atoms with Gasteiger partial charge in [0.2, 0.25) is 0 Å². The Balaban J connectivity index is 2.01. The SMILES string of the molecule is CCN(Cc1ccccc1)C(CN)C1CCCC1. The Morgan fingerprint density at radius 3 is 2.44 bits per heavy atom. The summed E-state index contributed by atoms with van der Waals surface area (Å²) in [5.74, 6) is 0.818. The molecule has 1 aromatic carbocycles. The number of likely N-dealkylation sites (N-methyl/N-ethyl adjacent to an activating group) is 1. The van der Waals surface area contributed by atoms with E-state index in [-0.39, 0.29) is 0 Å². The van der Waals surface area contributed by atoms with Crippen molar-refractivity contribution in [2.75, 3.05) is 13.1 Å². The van der Waals surface area contributed by atoms with E-state index in [0.29, 0.717) is 6.04 Å². The monoisotopic (exact) mass is 246 g/mol. The van der Waals surface area contributed by atoms with Crippen LogP contribution in [0.25, 0.3) is 0 Å². The van der Waals surface area contributed by atoms with Crippen LogP contribution in [0.1, 0.15) is 38.2 Å². The van der Waals surface area contributed by atoms with Crippen LogP contribution in [0.3, 0.4) is 0 Å². The number of hydrogen-bond donors (Lipinski definition) is 1. The summed E-state index contributed by atoms with van der Waals surface area (Å²) in [5, 5.41) is 0. The van der Waals surface area contributed by atoms with Crippen molar-refractivity contribution in [3.05, 3.63) is 35.9 Å². The Kier molecular flexibility index (Phi) is 5.21. The van der Waals surface area contributed by atoms with Gasteiger partial charge in [0.05, 0.1) is 0 Å². The van der Waals surface area contributed by atoms with Crippen molar-refractivity contribution in [1.82, 2.24) is 4.90 Å². The van der Waals surface area contributed by atoms with Gasteiger partial charge in [-0.3, -0.25) is 4.90 Å². The molecule has 18 heavy (non-hydrogen) atoms. The van der Waals surface area contributed by atoms with E-state index in [2.05, 4.69) is 42.2 Å². The van der Waals surface area contributed by atoms with Gasteiger partial charge in [0, 0.05) is 19.1 Å². The van der Waals surface area contributed by atoms with Crippen LogP contribution in [0.15, 0.2) is 30.3 Å². The smallest absolute Gasteiger partial charge is 0.0250 e. The zero-order valence-corrected chi connectivity index (χ0v) is 11.5. The maximum absolute atomic E-state index is 6.04. The van der Waals surface area contributed by atoms with Crippen molar-refractivity contribution in [3.63, 3.8) is 0 Å². The molecular formula is C16H26N2. The number of nitrogens with two attached hydrogens (primary N) is 1. The van der Waals surface area contributed by atoms with Crippen molar-refractivity contribution in [2.24, 2.45) is 11.7 Å². The van der Waals surface area contributed by atoms with Gasteiger partial charge < -0.3 is 5.73 Å². The largest absolute Gasteiger partial charge is 0.329 e. The van der Waals surface area contributed by atoms with Gasteiger partial charge in [-0.2, -0.15) is 0 Å². The standard InChI is InChI=1S/C16H26N2/c1-2-18(13-14-8-4-3-5-9-14)16(12-17)15-10-6-7-11-15/h3-5,8-9,15-16H,2,6-7,10-13,17H2,1H3. The molecule has 0 bridgehead atoms. The number of hydrogen-bond acceptors (Lipinski definition) is 2. The molecule has 1 atom stereocenters. The minimum Gasteiger partial charge on any atom is -0.329 e. The van der Waals surface area contributed by atoms with E-state index in [9.17, 15) is 0 Å². The lowest BCUT2D eigenvalue weighted by molar-refractivity contribution is 0.146. The van der Waals surface area contributed by atoms with Crippen molar-refractivity contribution in [2.45, 2.75) is 45.2 Å². The lowest BCUT2D eigenvalue weighted by atomic mass is 9.96. The lowest BCUT2D eigenvalue weighted by Gasteiger charge is -2.34. The van der Waals surface area contributed by atoms with E-state index in [1.807, 2.05) is 0 Å². The second-order valence-electron chi connectivity index (χ2n) is 5.40. The first-order chi connectivity index (χ1) is 8.85. The summed E-state index contributed by atoms with van der Waals surface area (Å²) >= 11 is 0. The van der Waals surface area contributed by atoms with Crippen molar-refractivity contribution >= 4 is 0 Å². The summed E-state index contributed by atoms with van der Waals surface area (Å²) in [4.78, 5) is 2.56. The highest BCUT2D eigenvalue weighted by Crippen LogP contribution is 2.30. The van der Waals surface area contributed by atoms with Gasteiger partial charge in [-0.05, 0) is 30.9 Å². The Hall–Kier alpha value is -0.860. The summed E-state index contributed by atoms with van der Waals surface area (Å²) in [6, 6.07) is 11.3. The highest BCUT2D eigenvalue weighted by Gasteiger charge is 2.27. The lowest BCUT2D eigenvalue weighted by Crippen LogP contribution is -2.44. The molecular weight excluding hydrogens is 220 g/mol. The molecule has 100 valence electrons.